The van der Waals surface area contributed by atoms with Crippen molar-refractivity contribution in [1.82, 2.24) is 0 Å². The summed E-state index contributed by atoms with van der Waals surface area (Å²) in [7, 11) is -3.72. The van der Waals surface area contributed by atoms with Crippen molar-refractivity contribution in [3.8, 4) is 0 Å². The molecule has 2 rings (SSSR count). The molecule has 2 fully saturated rings. The Morgan fingerprint density at radius 3 is 2.38 bits per heavy atom. The van der Waals surface area contributed by atoms with Gasteiger partial charge in [-0.1, -0.05) is 6.92 Å². The van der Waals surface area contributed by atoms with Gasteiger partial charge >= 0.3 is 5.97 Å². The fourth-order valence-electron chi connectivity index (χ4n) is 3.04. The van der Waals surface area contributed by atoms with Crippen molar-refractivity contribution in [2.24, 2.45) is 11.8 Å². The number of hydrogen-bond acceptors (Lipinski definition) is 8. The maximum absolute atomic E-state index is 11.7. The van der Waals surface area contributed by atoms with E-state index >= 15 is 0 Å². The summed E-state index contributed by atoms with van der Waals surface area (Å²) < 4.78 is 39.3. The van der Waals surface area contributed by atoms with E-state index in [0.717, 1.165) is 6.26 Å². The molecule has 21 heavy (non-hydrogen) atoms. The lowest BCUT2D eigenvalue weighted by atomic mass is 9.75. The molecule has 0 aromatic rings. The molecule has 1 unspecified atom stereocenters. The Morgan fingerprint density at radius 1 is 1.29 bits per heavy atom. The van der Waals surface area contributed by atoms with E-state index in [2.05, 4.69) is 4.89 Å². The highest BCUT2D eigenvalue weighted by Crippen LogP contribution is 2.44. The Hall–Kier alpha value is -0.740. The third kappa shape index (κ3) is 3.54. The molecule has 1 saturated carbocycles. The molecule has 1 heterocycles. The standard InChI is InChI=1S/C12H20O8S/c1-6-7(11(13)19-14)5-8(20-21(4,15)16)10-9(6)17-12(2,3)18-10/h6-10,14H,5H2,1-4H3/t6?,7-,8-,9-,10+/m1/s1. The van der Waals surface area contributed by atoms with Crippen molar-refractivity contribution in [2.45, 2.75) is 51.3 Å². The van der Waals surface area contributed by atoms with Crippen LogP contribution >= 0.6 is 0 Å². The minimum Gasteiger partial charge on any atom is -0.344 e. The number of rotatable bonds is 3. The van der Waals surface area contributed by atoms with E-state index in [0.29, 0.717) is 0 Å². The third-order valence-electron chi connectivity index (χ3n) is 3.86. The second-order valence-corrected chi connectivity index (χ2v) is 7.62. The summed E-state index contributed by atoms with van der Waals surface area (Å²) >= 11 is 0. The monoisotopic (exact) mass is 324 g/mol. The Labute approximate surface area is 123 Å². The molecule has 8 nitrogen and oxygen atoms in total. The molecular weight excluding hydrogens is 304 g/mol. The average Bonchev–Trinajstić information content (AvgIpc) is 2.67. The van der Waals surface area contributed by atoms with Gasteiger partial charge in [0.25, 0.3) is 10.1 Å². The fourth-order valence-corrected chi connectivity index (χ4v) is 3.67. The number of carbonyl (C=O) groups is 1. The first kappa shape index (κ1) is 16.6. The van der Waals surface area contributed by atoms with Crippen molar-refractivity contribution in [3.63, 3.8) is 0 Å². The van der Waals surface area contributed by atoms with Crippen LogP contribution in [-0.4, -0.2) is 50.0 Å². The lowest BCUT2D eigenvalue weighted by Gasteiger charge is -2.38. The quantitative estimate of drug-likeness (QED) is 0.455. The van der Waals surface area contributed by atoms with E-state index in [1.165, 1.54) is 0 Å². The van der Waals surface area contributed by atoms with Crippen molar-refractivity contribution in [3.05, 3.63) is 0 Å². The lowest BCUT2D eigenvalue weighted by Crippen LogP contribution is -2.51. The van der Waals surface area contributed by atoms with Gasteiger partial charge in [0.05, 0.1) is 18.3 Å². The highest BCUT2D eigenvalue weighted by molar-refractivity contribution is 7.86. The summed E-state index contributed by atoms with van der Waals surface area (Å²) in [5.74, 6) is -2.78. The molecule has 2 aliphatic rings. The van der Waals surface area contributed by atoms with Crippen LogP contribution in [0.3, 0.4) is 0 Å². The molecule has 1 aliphatic heterocycles. The summed E-state index contributed by atoms with van der Waals surface area (Å²) in [6, 6.07) is 0. The molecular formula is C12H20O8S. The van der Waals surface area contributed by atoms with Crippen LogP contribution in [0.2, 0.25) is 0 Å². The molecule has 1 saturated heterocycles. The van der Waals surface area contributed by atoms with Crippen molar-refractivity contribution in [2.75, 3.05) is 6.26 Å². The molecule has 5 atom stereocenters. The highest BCUT2D eigenvalue weighted by atomic mass is 32.2. The van der Waals surface area contributed by atoms with Gasteiger partial charge in [-0.15, -0.1) is 0 Å². The van der Waals surface area contributed by atoms with Crippen LogP contribution in [0.25, 0.3) is 0 Å². The van der Waals surface area contributed by atoms with Gasteiger partial charge in [-0.2, -0.15) is 13.7 Å². The third-order valence-corrected chi connectivity index (χ3v) is 4.46. The molecule has 122 valence electrons. The maximum atomic E-state index is 11.7. The predicted molar refractivity (Wildman–Crippen MR) is 69.5 cm³/mol. The Morgan fingerprint density at radius 2 is 1.86 bits per heavy atom. The molecule has 0 aromatic carbocycles. The van der Waals surface area contributed by atoms with E-state index in [1.807, 2.05) is 0 Å². The van der Waals surface area contributed by atoms with Gasteiger partial charge in [0.2, 0.25) is 0 Å². The smallest absolute Gasteiger partial charge is 0.344 e. The zero-order valence-corrected chi connectivity index (χ0v) is 13.1. The number of fused-ring (bicyclic) bond motifs is 1. The molecule has 9 heteroatoms. The van der Waals surface area contributed by atoms with Gasteiger partial charge in [0.15, 0.2) is 5.79 Å². The topological polar surface area (TPSA) is 108 Å². The van der Waals surface area contributed by atoms with Crippen LogP contribution in [0.5, 0.6) is 0 Å². The van der Waals surface area contributed by atoms with Gasteiger partial charge in [-0.25, -0.2) is 4.79 Å². The van der Waals surface area contributed by atoms with E-state index in [1.54, 1.807) is 20.8 Å². The molecule has 1 aliphatic carbocycles. The van der Waals surface area contributed by atoms with E-state index in [-0.39, 0.29) is 12.3 Å². The fraction of sp³-hybridized carbons (Fsp3) is 0.917. The Bertz CT molecular complexity index is 513. The molecule has 0 radical (unpaired) electrons. The molecule has 1 N–H and O–H groups in total. The molecule has 0 bridgehead atoms. The van der Waals surface area contributed by atoms with Crippen LogP contribution in [0.15, 0.2) is 0 Å². The van der Waals surface area contributed by atoms with Crippen LogP contribution in [0.4, 0.5) is 0 Å². The van der Waals surface area contributed by atoms with Gasteiger partial charge in [0.1, 0.15) is 12.2 Å². The Kier molecular flexibility index (Phi) is 4.33. The van der Waals surface area contributed by atoms with Gasteiger partial charge < -0.3 is 14.4 Å². The number of carbonyl (C=O) groups excluding carboxylic acids is 1. The first-order valence-corrected chi connectivity index (χ1v) is 8.45. The normalized spacial score (nSPS) is 38.8. The average molecular weight is 324 g/mol. The highest BCUT2D eigenvalue weighted by Gasteiger charge is 2.55. The van der Waals surface area contributed by atoms with Crippen LogP contribution in [0.1, 0.15) is 27.2 Å². The Balaban J connectivity index is 2.29. The van der Waals surface area contributed by atoms with Gasteiger partial charge in [0, 0.05) is 0 Å². The summed E-state index contributed by atoms with van der Waals surface area (Å²) in [4.78, 5) is 15.5. The molecule has 0 aromatic heterocycles. The zero-order valence-electron chi connectivity index (χ0n) is 12.3. The van der Waals surface area contributed by atoms with E-state index in [4.69, 9.17) is 18.9 Å². The first-order valence-electron chi connectivity index (χ1n) is 6.63. The van der Waals surface area contributed by atoms with E-state index < -0.39 is 46.1 Å². The summed E-state index contributed by atoms with van der Waals surface area (Å²) in [5, 5.41) is 8.59. The van der Waals surface area contributed by atoms with Crippen LogP contribution in [-0.2, 0) is 33.5 Å². The number of hydrogen-bond donors (Lipinski definition) is 1. The summed E-state index contributed by atoms with van der Waals surface area (Å²) in [6.45, 7) is 5.17. The minimum atomic E-state index is -3.72. The summed E-state index contributed by atoms with van der Waals surface area (Å²) in [6.07, 6.45) is -1.00. The van der Waals surface area contributed by atoms with Gasteiger partial charge in [-0.3, -0.25) is 4.18 Å². The van der Waals surface area contributed by atoms with Crippen molar-refractivity contribution in [1.29, 1.82) is 0 Å². The minimum absolute atomic E-state index is 0.0637. The predicted octanol–water partition coefficient (Wildman–Crippen LogP) is 0.523. The van der Waals surface area contributed by atoms with Crippen molar-refractivity contribution < 1.29 is 37.0 Å². The van der Waals surface area contributed by atoms with Crippen LogP contribution < -0.4 is 0 Å². The summed E-state index contributed by atoms with van der Waals surface area (Å²) in [5.41, 5.74) is 0. The van der Waals surface area contributed by atoms with Crippen LogP contribution in [0, 0.1) is 11.8 Å². The largest absolute Gasteiger partial charge is 0.345 e. The van der Waals surface area contributed by atoms with Gasteiger partial charge in [-0.05, 0) is 26.2 Å². The second-order valence-electron chi connectivity index (χ2n) is 6.02. The zero-order chi connectivity index (χ0) is 16.0. The first-order chi connectivity index (χ1) is 9.54. The molecule has 0 amide bonds. The molecule has 0 spiro atoms. The number of ether oxygens (including phenoxy) is 2. The van der Waals surface area contributed by atoms with E-state index in [9.17, 15) is 13.2 Å². The van der Waals surface area contributed by atoms with Crippen molar-refractivity contribution >= 4 is 16.1 Å². The second kappa shape index (κ2) is 5.47. The lowest BCUT2D eigenvalue weighted by molar-refractivity contribution is -0.244. The SMILES string of the molecule is CC1[C@H]2OC(C)(C)O[C@H]2[C@H](OS(C)(=O)=O)C[C@H]1C(=O)OO. The maximum Gasteiger partial charge on any atom is 0.345 e.